The summed E-state index contributed by atoms with van der Waals surface area (Å²) in [6.07, 6.45) is -0.00445. The third-order valence-corrected chi connectivity index (χ3v) is 5.15. The van der Waals surface area contributed by atoms with Gasteiger partial charge in [-0.1, -0.05) is 48.0 Å². The van der Waals surface area contributed by atoms with Crippen molar-refractivity contribution in [3.63, 3.8) is 0 Å². The highest BCUT2D eigenvalue weighted by Gasteiger charge is 2.66. The van der Waals surface area contributed by atoms with E-state index in [1.807, 2.05) is 49.4 Å². The van der Waals surface area contributed by atoms with Gasteiger partial charge >= 0.3 is 11.9 Å². The first-order valence-electron chi connectivity index (χ1n) is 9.75. The summed E-state index contributed by atoms with van der Waals surface area (Å²) in [7, 11) is 0. The van der Waals surface area contributed by atoms with Gasteiger partial charge in [-0.15, -0.1) is 0 Å². The highest BCUT2D eigenvalue weighted by atomic mass is 16.6. The van der Waals surface area contributed by atoms with Gasteiger partial charge in [0, 0.05) is 18.0 Å². The third-order valence-electron chi connectivity index (χ3n) is 5.15. The fourth-order valence-corrected chi connectivity index (χ4v) is 3.88. The Hall–Kier alpha value is -3.15. The molecule has 0 saturated carbocycles. The van der Waals surface area contributed by atoms with Crippen molar-refractivity contribution in [3.8, 4) is 0 Å². The number of aryl methyl sites for hydroxylation is 1. The Morgan fingerprint density at radius 1 is 0.966 bits per heavy atom. The maximum absolute atomic E-state index is 13.3. The maximum atomic E-state index is 13.3. The van der Waals surface area contributed by atoms with Crippen LogP contribution in [0.2, 0.25) is 0 Å². The van der Waals surface area contributed by atoms with Gasteiger partial charge < -0.3 is 9.47 Å². The van der Waals surface area contributed by atoms with Gasteiger partial charge in [0.1, 0.15) is 0 Å². The van der Waals surface area contributed by atoms with E-state index in [1.54, 1.807) is 26.0 Å². The molecular formula is C23H25NO5. The molecule has 1 fully saturated rings. The molecule has 2 aromatic carbocycles. The van der Waals surface area contributed by atoms with E-state index in [4.69, 9.17) is 9.47 Å². The molecule has 0 aliphatic carbocycles. The molecular weight excluding hydrogens is 370 g/mol. The Balaban J connectivity index is 2.26. The van der Waals surface area contributed by atoms with E-state index in [0.29, 0.717) is 11.3 Å². The summed E-state index contributed by atoms with van der Waals surface area (Å²) in [5.74, 6) is -2.61. The number of carbonyl (C=O) groups is 3. The number of esters is 2. The molecule has 6 nitrogen and oxygen atoms in total. The zero-order valence-corrected chi connectivity index (χ0v) is 16.9. The molecule has 0 radical (unpaired) electrons. The largest absolute Gasteiger partial charge is 0.464 e. The smallest absolute Gasteiger partial charge is 0.344 e. The number of ether oxygens (including phenoxy) is 2. The number of anilines is 1. The number of benzene rings is 2. The van der Waals surface area contributed by atoms with Crippen molar-refractivity contribution in [1.29, 1.82) is 0 Å². The van der Waals surface area contributed by atoms with E-state index in [9.17, 15) is 14.4 Å². The SMILES string of the molecule is CCOC(=O)C1(C(=O)OCC)C(c2ccccc2)CC(=O)N1c1ccc(C)cc1. The van der Waals surface area contributed by atoms with Crippen LogP contribution in [0.5, 0.6) is 0 Å². The molecule has 3 rings (SSSR count). The minimum atomic E-state index is -1.92. The van der Waals surface area contributed by atoms with Gasteiger partial charge in [0.15, 0.2) is 0 Å². The van der Waals surface area contributed by atoms with Crippen LogP contribution in [-0.4, -0.2) is 36.6 Å². The van der Waals surface area contributed by atoms with E-state index < -0.39 is 23.4 Å². The maximum Gasteiger partial charge on any atom is 0.344 e. The Morgan fingerprint density at radius 3 is 2.03 bits per heavy atom. The van der Waals surface area contributed by atoms with Crippen LogP contribution < -0.4 is 4.90 Å². The van der Waals surface area contributed by atoms with Crippen LogP contribution in [0.25, 0.3) is 0 Å². The predicted octanol–water partition coefficient (Wildman–Crippen LogP) is 3.38. The van der Waals surface area contributed by atoms with Crippen molar-refractivity contribution in [2.75, 3.05) is 18.1 Å². The molecule has 0 aromatic heterocycles. The summed E-state index contributed by atoms with van der Waals surface area (Å²) in [5, 5.41) is 0. The summed E-state index contributed by atoms with van der Waals surface area (Å²) in [6, 6.07) is 16.2. The lowest BCUT2D eigenvalue weighted by Crippen LogP contribution is -2.62. The van der Waals surface area contributed by atoms with E-state index in [0.717, 1.165) is 5.56 Å². The molecule has 1 amide bonds. The first-order chi connectivity index (χ1) is 14.0. The van der Waals surface area contributed by atoms with Gasteiger partial charge in [0.2, 0.25) is 11.4 Å². The molecule has 6 heteroatoms. The van der Waals surface area contributed by atoms with Crippen LogP contribution in [0.1, 0.15) is 37.3 Å². The van der Waals surface area contributed by atoms with Crippen LogP contribution >= 0.6 is 0 Å². The molecule has 1 saturated heterocycles. The Bertz CT molecular complexity index is 873. The molecule has 0 spiro atoms. The van der Waals surface area contributed by atoms with Gasteiger partial charge in [-0.05, 0) is 38.5 Å². The van der Waals surface area contributed by atoms with Crippen molar-refractivity contribution in [1.82, 2.24) is 0 Å². The fraction of sp³-hybridized carbons (Fsp3) is 0.348. The normalized spacial score (nSPS) is 17.8. The third kappa shape index (κ3) is 3.50. The molecule has 0 N–H and O–H groups in total. The Morgan fingerprint density at radius 2 is 1.52 bits per heavy atom. The lowest BCUT2D eigenvalue weighted by Gasteiger charge is -2.37. The summed E-state index contributed by atoms with van der Waals surface area (Å²) in [6.45, 7) is 5.42. The number of rotatable bonds is 6. The summed E-state index contributed by atoms with van der Waals surface area (Å²) in [4.78, 5) is 41.1. The van der Waals surface area contributed by atoms with E-state index in [1.165, 1.54) is 4.90 Å². The van der Waals surface area contributed by atoms with Gasteiger partial charge in [-0.2, -0.15) is 0 Å². The van der Waals surface area contributed by atoms with E-state index in [2.05, 4.69) is 0 Å². The average Bonchev–Trinajstić information content (AvgIpc) is 3.04. The van der Waals surface area contributed by atoms with E-state index >= 15 is 0 Å². The molecule has 1 aliphatic rings. The van der Waals surface area contributed by atoms with Crippen LogP contribution in [0.4, 0.5) is 5.69 Å². The Labute approximate surface area is 170 Å². The van der Waals surface area contributed by atoms with Crippen LogP contribution in [0.3, 0.4) is 0 Å². The van der Waals surface area contributed by atoms with Gasteiger partial charge in [-0.3, -0.25) is 9.69 Å². The predicted molar refractivity (Wildman–Crippen MR) is 108 cm³/mol. The molecule has 152 valence electrons. The van der Waals surface area contributed by atoms with Gasteiger partial charge in [0.25, 0.3) is 0 Å². The quantitative estimate of drug-likeness (QED) is 0.554. The minimum Gasteiger partial charge on any atom is -0.464 e. The lowest BCUT2D eigenvalue weighted by atomic mass is 9.79. The summed E-state index contributed by atoms with van der Waals surface area (Å²) >= 11 is 0. The summed E-state index contributed by atoms with van der Waals surface area (Å²) in [5.41, 5.74) is 0.245. The molecule has 1 heterocycles. The second-order valence-electron chi connectivity index (χ2n) is 6.94. The minimum absolute atomic E-state index is 0.00445. The van der Waals surface area contributed by atoms with Crippen LogP contribution in [-0.2, 0) is 23.9 Å². The first kappa shape index (κ1) is 20.6. The monoisotopic (exact) mass is 395 g/mol. The highest BCUT2D eigenvalue weighted by molar-refractivity contribution is 6.19. The molecule has 29 heavy (non-hydrogen) atoms. The molecule has 1 unspecified atom stereocenters. The molecule has 1 atom stereocenters. The van der Waals surface area contributed by atoms with Crippen molar-refractivity contribution in [3.05, 3.63) is 65.7 Å². The average molecular weight is 395 g/mol. The number of hydrogen-bond acceptors (Lipinski definition) is 5. The number of hydrogen-bond donors (Lipinski definition) is 0. The number of amides is 1. The van der Waals surface area contributed by atoms with Crippen molar-refractivity contribution in [2.24, 2.45) is 0 Å². The molecule has 0 bridgehead atoms. The fourth-order valence-electron chi connectivity index (χ4n) is 3.88. The summed E-state index contributed by atoms with van der Waals surface area (Å²) < 4.78 is 10.7. The lowest BCUT2D eigenvalue weighted by molar-refractivity contribution is -0.165. The van der Waals surface area contributed by atoms with Gasteiger partial charge in [0.05, 0.1) is 13.2 Å². The van der Waals surface area contributed by atoms with Crippen molar-refractivity contribution >= 4 is 23.5 Å². The van der Waals surface area contributed by atoms with Crippen molar-refractivity contribution < 1.29 is 23.9 Å². The first-order valence-corrected chi connectivity index (χ1v) is 9.75. The zero-order valence-electron chi connectivity index (χ0n) is 16.9. The zero-order chi connectivity index (χ0) is 21.0. The van der Waals surface area contributed by atoms with Crippen molar-refractivity contribution in [2.45, 2.75) is 38.6 Å². The standard InChI is InChI=1S/C23H25NO5/c1-4-28-21(26)23(22(27)29-5-2)19(17-9-7-6-8-10-17)15-20(25)24(23)18-13-11-16(3)12-14-18/h6-14,19H,4-5,15H2,1-3H3. The van der Waals surface area contributed by atoms with Crippen LogP contribution in [0.15, 0.2) is 54.6 Å². The molecule has 1 aliphatic heterocycles. The molecule has 2 aromatic rings. The van der Waals surface area contributed by atoms with Gasteiger partial charge in [-0.25, -0.2) is 9.59 Å². The second-order valence-corrected chi connectivity index (χ2v) is 6.94. The number of nitrogens with zero attached hydrogens (tertiary/aromatic N) is 1. The second kappa shape index (κ2) is 8.47. The topological polar surface area (TPSA) is 72.9 Å². The number of carbonyl (C=O) groups excluding carboxylic acids is 3. The highest BCUT2D eigenvalue weighted by Crippen LogP contribution is 2.47. The van der Waals surface area contributed by atoms with E-state index in [-0.39, 0.29) is 25.5 Å². The van der Waals surface area contributed by atoms with Crippen LogP contribution in [0, 0.1) is 6.92 Å². The Kier molecular flexibility index (Phi) is 6.01.